The third-order valence-corrected chi connectivity index (χ3v) is 5.34. The fraction of sp³-hybridized carbons (Fsp3) is 0.308. The number of aromatic nitrogens is 1. The monoisotopic (exact) mass is 416 g/mol. The second kappa shape index (κ2) is 8.42. The molecule has 0 N–H and O–H groups in total. The SMILES string of the molecule is Cc1ccc(CN(C(=O)COc2cccc3c2OC(C)(C)C3)c2ccc(C)cn2)cc1. The molecule has 0 saturated carbocycles. The molecule has 4 rings (SSSR count). The summed E-state index contributed by atoms with van der Waals surface area (Å²) in [5.41, 5.74) is 4.09. The zero-order valence-electron chi connectivity index (χ0n) is 18.5. The minimum absolute atomic E-state index is 0.0956. The molecule has 0 spiro atoms. The summed E-state index contributed by atoms with van der Waals surface area (Å²) in [5.74, 6) is 1.78. The topological polar surface area (TPSA) is 51.7 Å². The fourth-order valence-corrected chi connectivity index (χ4v) is 3.71. The number of aryl methyl sites for hydroxylation is 2. The van der Waals surface area contributed by atoms with Gasteiger partial charge in [-0.05, 0) is 51.0 Å². The minimum Gasteiger partial charge on any atom is -0.483 e. The average molecular weight is 417 g/mol. The number of carbonyl (C=O) groups is 1. The predicted molar refractivity (Wildman–Crippen MR) is 122 cm³/mol. The Morgan fingerprint density at radius 2 is 1.81 bits per heavy atom. The highest BCUT2D eigenvalue weighted by molar-refractivity contribution is 5.93. The number of benzene rings is 2. The number of pyridine rings is 1. The van der Waals surface area contributed by atoms with Crippen LogP contribution < -0.4 is 14.4 Å². The van der Waals surface area contributed by atoms with E-state index in [0.29, 0.717) is 18.1 Å². The molecule has 0 bridgehead atoms. The molecular formula is C26H28N2O3. The van der Waals surface area contributed by atoms with Crippen LogP contribution in [-0.2, 0) is 17.8 Å². The summed E-state index contributed by atoms with van der Waals surface area (Å²) >= 11 is 0. The van der Waals surface area contributed by atoms with E-state index < -0.39 is 0 Å². The van der Waals surface area contributed by atoms with E-state index in [1.165, 1.54) is 5.56 Å². The molecular weight excluding hydrogens is 388 g/mol. The van der Waals surface area contributed by atoms with Gasteiger partial charge in [0.05, 0.1) is 6.54 Å². The van der Waals surface area contributed by atoms with Crippen molar-refractivity contribution >= 4 is 11.7 Å². The predicted octanol–water partition coefficient (Wildman–Crippen LogP) is 5.02. The summed E-state index contributed by atoms with van der Waals surface area (Å²) in [4.78, 5) is 19.4. The first-order valence-electron chi connectivity index (χ1n) is 10.5. The molecule has 0 unspecified atom stereocenters. The number of carbonyl (C=O) groups excluding carboxylic acids is 1. The molecule has 1 aliphatic heterocycles. The average Bonchev–Trinajstić information content (AvgIpc) is 3.07. The molecule has 2 heterocycles. The van der Waals surface area contributed by atoms with Crippen LogP contribution in [0.2, 0.25) is 0 Å². The number of rotatable bonds is 6. The largest absolute Gasteiger partial charge is 0.483 e. The lowest BCUT2D eigenvalue weighted by atomic mass is 10.0. The van der Waals surface area contributed by atoms with Crippen LogP contribution in [0.3, 0.4) is 0 Å². The van der Waals surface area contributed by atoms with Crippen LogP contribution in [-0.4, -0.2) is 23.1 Å². The number of ether oxygens (including phenoxy) is 2. The van der Waals surface area contributed by atoms with Gasteiger partial charge in [0.15, 0.2) is 18.1 Å². The van der Waals surface area contributed by atoms with Crippen molar-refractivity contribution in [2.45, 2.75) is 46.3 Å². The Labute approximate surface area is 183 Å². The lowest BCUT2D eigenvalue weighted by Crippen LogP contribution is -2.35. The maximum absolute atomic E-state index is 13.2. The molecule has 1 aromatic heterocycles. The molecule has 160 valence electrons. The molecule has 1 amide bonds. The molecule has 0 aliphatic carbocycles. The number of amides is 1. The second-order valence-corrected chi connectivity index (χ2v) is 8.73. The second-order valence-electron chi connectivity index (χ2n) is 8.73. The van der Waals surface area contributed by atoms with Gasteiger partial charge in [-0.15, -0.1) is 0 Å². The van der Waals surface area contributed by atoms with Gasteiger partial charge >= 0.3 is 0 Å². The van der Waals surface area contributed by atoms with Crippen LogP contribution >= 0.6 is 0 Å². The first kappa shape index (κ1) is 20.9. The zero-order chi connectivity index (χ0) is 22.0. The van der Waals surface area contributed by atoms with E-state index in [1.807, 2.05) is 82.3 Å². The third-order valence-electron chi connectivity index (χ3n) is 5.34. The summed E-state index contributed by atoms with van der Waals surface area (Å²) in [6.45, 7) is 8.45. The van der Waals surface area contributed by atoms with E-state index in [1.54, 1.807) is 11.1 Å². The van der Waals surface area contributed by atoms with Crippen molar-refractivity contribution in [3.8, 4) is 11.5 Å². The molecule has 5 nitrogen and oxygen atoms in total. The van der Waals surface area contributed by atoms with Crippen molar-refractivity contribution in [1.29, 1.82) is 0 Å². The summed E-state index contributed by atoms with van der Waals surface area (Å²) in [5, 5.41) is 0. The van der Waals surface area contributed by atoms with Crippen molar-refractivity contribution in [3.63, 3.8) is 0 Å². The number of para-hydroxylation sites is 1. The van der Waals surface area contributed by atoms with Gasteiger partial charge in [0.1, 0.15) is 11.4 Å². The van der Waals surface area contributed by atoms with Crippen LogP contribution in [0, 0.1) is 13.8 Å². The van der Waals surface area contributed by atoms with Crippen molar-refractivity contribution in [2.75, 3.05) is 11.5 Å². The lowest BCUT2D eigenvalue weighted by Gasteiger charge is -2.23. The van der Waals surface area contributed by atoms with E-state index in [9.17, 15) is 4.79 Å². The number of hydrogen-bond donors (Lipinski definition) is 0. The molecule has 3 aromatic rings. The maximum Gasteiger partial charge on any atom is 0.266 e. The Bertz CT molecular complexity index is 1070. The summed E-state index contributed by atoms with van der Waals surface area (Å²) in [6, 6.07) is 17.8. The fourth-order valence-electron chi connectivity index (χ4n) is 3.71. The van der Waals surface area contributed by atoms with Gasteiger partial charge in [-0.2, -0.15) is 0 Å². The van der Waals surface area contributed by atoms with Crippen LogP contribution in [0.1, 0.15) is 36.1 Å². The van der Waals surface area contributed by atoms with Crippen molar-refractivity contribution in [2.24, 2.45) is 0 Å². The first-order valence-corrected chi connectivity index (χ1v) is 10.5. The van der Waals surface area contributed by atoms with Crippen molar-refractivity contribution in [1.82, 2.24) is 4.98 Å². The van der Waals surface area contributed by atoms with Crippen LogP contribution in [0.5, 0.6) is 11.5 Å². The van der Waals surface area contributed by atoms with E-state index in [-0.39, 0.29) is 18.1 Å². The zero-order valence-corrected chi connectivity index (χ0v) is 18.5. The Morgan fingerprint density at radius 3 is 2.52 bits per heavy atom. The van der Waals surface area contributed by atoms with Gasteiger partial charge in [-0.3, -0.25) is 9.69 Å². The van der Waals surface area contributed by atoms with Gasteiger partial charge in [0.25, 0.3) is 5.91 Å². The Morgan fingerprint density at radius 1 is 1.06 bits per heavy atom. The standard InChI is InChI=1S/C26H28N2O3/c1-18-8-11-20(12-9-18)16-28(23-13-10-19(2)15-27-23)24(29)17-30-22-7-5-6-21-14-26(3,4)31-25(21)22/h5-13,15H,14,16-17H2,1-4H3. The molecule has 5 heteroatoms. The summed E-state index contributed by atoms with van der Waals surface area (Å²) in [6.07, 6.45) is 2.59. The van der Waals surface area contributed by atoms with Gasteiger partial charge in [0.2, 0.25) is 0 Å². The normalized spacial score (nSPS) is 13.9. The Kier molecular flexibility index (Phi) is 5.68. The number of nitrogens with zero attached hydrogens (tertiary/aromatic N) is 2. The molecule has 0 fully saturated rings. The highest BCUT2D eigenvalue weighted by atomic mass is 16.5. The molecule has 0 saturated heterocycles. The summed E-state index contributed by atoms with van der Waals surface area (Å²) in [7, 11) is 0. The Balaban J connectivity index is 1.53. The first-order chi connectivity index (χ1) is 14.8. The lowest BCUT2D eigenvalue weighted by molar-refractivity contribution is -0.120. The minimum atomic E-state index is -0.269. The number of fused-ring (bicyclic) bond motifs is 1. The van der Waals surface area contributed by atoms with Crippen LogP contribution in [0.25, 0.3) is 0 Å². The van der Waals surface area contributed by atoms with Gasteiger partial charge < -0.3 is 9.47 Å². The maximum atomic E-state index is 13.2. The number of anilines is 1. The van der Waals surface area contributed by atoms with E-state index >= 15 is 0 Å². The van der Waals surface area contributed by atoms with E-state index in [0.717, 1.165) is 28.9 Å². The number of hydrogen-bond acceptors (Lipinski definition) is 4. The smallest absolute Gasteiger partial charge is 0.266 e. The quantitative estimate of drug-likeness (QED) is 0.566. The van der Waals surface area contributed by atoms with Gasteiger partial charge in [0, 0.05) is 18.2 Å². The van der Waals surface area contributed by atoms with Crippen molar-refractivity contribution < 1.29 is 14.3 Å². The van der Waals surface area contributed by atoms with E-state index in [4.69, 9.17) is 9.47 Å². The van der Waals surface area contributed by atoms with Gasteiger partial charge in [-0.25, -0.2) is 4.98 Å². The Hall–Kier alpha value is -3.34. The van der Waals surface area contributed by atoms with Crippen LogP contribution in [0.4, 0.5) is 5.82 Å². The summed E-state index contributed by atoms with van der Waals surface area (Å²) < 4.78 is 12.0. The molecule has 31 heavy (non-hydrogen) atoms. The molecule has 1 aliphatic rings. The van der Waals surface area contributed by atoms with Crippen molar-refractivity contribution in [3.05, 3.63) is 83.0 Å². The molecule has 0 atom stereocenters. The molecule has 0 radical (unpaired) electrons. The van der Waals surface area contributed by atoms with Crippen LogP contribution in [0.15, 0.2) is 60.8 Å². The van der Waals surface area contributed by atoms with E-state index in [2.05, 4.69) is 4.98 Å². The highest BCUT2D eigenvalue weighted by Crippen LogP contribution is 2.41. The molecule has 2 aromatic carbocycles. The third kappa shape index (κ3) is 4.88. The van der Waals surface area contributed by atoms with Gasteiger partial charge in [-0.1, -0.05) is 48.0 Å². The highest BCUT2D eigenvalue weighted by Gasteiger charge is 2.32.